The average molecular weight is 284 g/mol. The molecule has 0 saturated carbocycles. The third kappa shape index (κ3) is 2.74. The van der Waals surface area contributed by atoms with E-state index in [0.29, 0.717) is 11.3 Å². The van der Waals surface area contributed by atoms with Gasteiger partial charge in [-0.2, -0.15) is 5.10 Å². The van der Waals surface area contributed by atoms with E-state index >= 15 is 0 Å². The predicted octanol–water partition coefficient (Wildman–Crippen LogP) is 0.702. The molecule has 0 aliphatic carbocycles. The highest BCUT2D eigenvalue weighted by Crippen LogP contribution is 2.11. The van der Waals surface area contributed by atoms with Gasteiger partial charge in [-0.3, -0.25) is 4.79 Å². The number of carbonyl (C=O) groups excluding carboxylic acids is 1. The Labute approximate surface area is 113 Å². The number of amides is 1. The molecule has 0 aromatic carbocycles. The molecule has 8 heteroatoms. The number of halogens is 2. The summed E-state index contributed by atoms with van der Waals surface area (Å²) in [4.78, 5) is 16.0. The Morgan fingerprint density at radius 2 is 2.20 bits per heavy atom. The lowest BCUT2D eigenvalue weighted by Gasteiger charge is -2.12. The smallest absolute Gasteiger partial charge is 0.265 e. The van der Waals surface area contributed by atoms with E-state index in [2.05, 4.69) is 15.4 Å². The largest absolute Gasteiger partial charge is 0.385 e. The van der Waals surface area contributed by atoms with E-state index in [1.807, 2.05) is 0 Å². The van der Waals surface area contributed by atoms with Crippen molar-refractivity contribution in [2.45, 2.75) is 26.4 Å². The number of nitrogens with one attached hydrogen (secondary N) is 1. The van der Waals surface area contributed by atoms with Gasteiger partial charge >= 0.3 is 0 Å². The van der Waals surface area contributed by atoms with Crippen LogP contribution in [0.4, 0.5) is 8.78 Å². The topological polar surface area (TPSA) is 79.5 Å². The number of hydrogen-bond donors (Lipinski definition) is 2. The number of hydrogen-bond acceptors (Lipinski definition) is 4. The summed E-state index contributed by atoms with van der Waals surface area (Å²) < 4.78 is 25.8. The maximum absolute atomic E-state index is 12.1. The summed E-state index contributed by atoms with van der Waals surface area (Å²) in [5, 5.41) is 15.4. The molecule has 2 heterocycles. The van der Waals surface area contributed by atoms with Crippen molar-refractivity contribution in [3.05, 3.63) is 29.2 Å². The summed E-state index contributed by atoms with van der Waals surface area (Å²) in [7, 11) is 0. The van der Waals surface area contributed by atoms with Crippen LogP contribution in [0.3, 0.4) is 0 Å². The lowest BCUT2D eigenvalue weighted by molar-refractivity contribution is -0.00271. The number of aryl methyl sites for hydroxylation is 2. The third-order valence-corrected chi connectivity index (χ3v) is 2.85. The third-order valence-electron chi connectivity index (χ3n) is 2.85. The molecule has 0 bridgehead atoms. The van der Waals surface area contributed by atoms with Gasteiger partial charge in [-0.15, -0.1) is 0 Å². The minimum atomic E-state index is -2.90. The number of carbonyl (C=O) groups is 1. The highest BCUT2D eigenvalue weighted by Gasteiger charge is 2.19. The van der Waals surface area contributed by atoms with Gasteiger partial charge in [0.15, 0.2) is 5.65 Å². The second-order valence-corrected chi connectivity index (χ2v) is 4.42. The van der Waals surface area contributed by atoms with E-state index in [4.69, 9.17) is 5.11 Å². The van der Waals surface area contributed by atoms with E-state index < -0.39 is 25.0 Å². The second-order valence-electron chi connectivity index (χ2n) is 4.42. The number of aromatic nitrogens is 3. The zero-order valence-electron chi connectivity index (χ0n) is 11.0. The Balaban J connectivity index is 2.20. The maximum Gasteiger partial charge on any atom is 0.265 e. The molecule has 2 aromatic heterocycles. The normalized spacial score (nSPS) is 12.9. The van der Waals surface area contributed by atoms with Crippen LogP contribution in [0.15, 0.2) is 12.3 Å². The Morgan fingerprint density at radius 1 is 1.50 bits per heavy atom. The van der Waals surface area contributed by atoms with Crippen molar-refractivity contribution >= 4 is 11.6 Å². The lowest BCUT2D eigenvalue weighted by atomic mass is 10.2. The van der Waals surface area contributed by atoms with Crippen molar-refractivity contribution in [3.63, 3.8) is 0 Å². The summed E-state index contributed by atoms with van der Waals surface area (Å²) in [6.07, 6.45) is -3.43. The molecule has 6 nitrogen and oxygen atoms in total. The fourth-order valence-corrected chi connectivity index (χ4v) is 1.77. The van der Waals surface area contributed by atoms with Crippen molar-refractivity contribution in [1.29, 1.82) is 0 Å². The molecule has 20 heavy (non-hydrogen) atoms. The molecule has 0 saturated heterocycles. The van der Waals surface area contributed by atoms with Gasteiger partial charge in [-0.1, -0.05) is 0 Å². The summed E-state index contributed by atoms with van der Waals surface area (Å²) in [6.45, 7) is 2.96. The lowest BCUT2D eigenvalue weighted by Crippen LogP contribution is -2.36. The molecule has 1 unspecified atom stereocenters. The van der Waals surface area contributed by atoms with Crippen LogP contribution in [0, 0.1) is 13.8 Å². The molecule has 0 aliphatic rings. The van der Waals surface area contributed by atoms with Crippen molar-refractivity contribution in [2.24, 2.45) is 0 Å². The number of nitrogens with zero attached hydrogens (tertiary/aromatic N) is 3. The molecular weight excluding hydrogens is 270 g/mol. The van der Waals surface area contributed by atoms with Gasteiger partial charge in [0.1, 0.15) is 6.10 Å². The van der Waals surface area contributed by atoms with Gasteiger partial charge < -0.3 is 10.4 Å². The molecule has 0 radical (unpaired) electrons. The van der Waals surface area contributed by atoms with Crippen molar-refractivity contribution < 1.29 is 18.7 Å². The van der Waals surface area contributed by atoms with Gasteiger partial charge in [0.2, 0.25) is 0 Å². The number of rotatable bonds is 4. The summed E-state index contributed by atoms with van der Waals surface area (Å²) in [5.74, 6) is -0.579. The molecule has 2 rings (SSSR count). The molecule has 2 N–H and O–H groups in total. The quantitative estimate of drug-likeness (QED) is 0.866. The first kappa shape index (κ1) is 14.3. The van der Waals surface area contributed by atoms with Gasteiger partial charge in [-0.25, -0.2) is 18.3 Å². The van der Waals surface area contributed by atoms with E-state index in [1.54, 1.807) is 19.9 Å². The van der Waals surface area contributed by atoms with Crippen LogP contribution in [-0.4, -0.2) is 44.7 Å². The second kappa shape index (κ2) is 5.49. The molecule has 1 atom stereocenters. The Bertz CT molecular complexity index is 642. The first-order valence-electron chi connectivity index (χ1n) is 5.96. The maximum atomic E-state index is 12.1. The summed E-state index contributed by atoms with van der Waals surface area (Å²) >= 11 is 0. The van der Waals surface area contributed by atoms with Crippen LogP contribution >= 0.6 is 0 Å². The minimum Gasteiger partial charge on any atom is -0.385 e. The Kier molecular flexibility index (Phi) is 3.93. The standard InChI is InChI=1S/C12H14F2N4O2/c1-6-3-10-15-4-8(7(2)18(10)17-6)12(20)16-5-9(19)11(13)14/h3-4,9,11,19H,5H2,1-2H3,(H,16,20). The fraction of sp³-hybridized carbons (Fsp3) is 0.417. The van der Waals surface area contributed by atoms with E-state index in [-0.39, 0.29) is 5.56 Å². The zero-order valence-corrected chi connectivity index (χ0v) is 11.0. The SMILES string of the molecule is Cc1cc2ncc(C(=O)NCC(O)C(F)F)c(C)n2n1. The van der Waals surface area contributed by atoms with Crippen molar-refractivity contribution in [1.82, 2.24) is 19.9 Å². The van der Waals surface area contributed by atoms with Crippen LogP contribution in [0.1, 0.15) is 21.7 Å². The van der Waals surface area contributed by atoms with Crippen LogP contribution in [0.25, 0.3) is 5.65 Å². The monoisotopic (exact) mass is 284 g/mol. The van der Waals surface area contributed by atoms with E-state index in [0.717, 1.165) is 5.69 Å². The Hall–Kier alpha value is -2.09. The predicted molar refractivity (Wildman–Crippen MR) is 66.8 cm³/mol. The first-order valence-corrected chi connectivity index (χ1v) is 5.96. The van der Waals surface area contributed by atoms with Crippen LogP contribution in [0.5, 0.6) is 0 Å². The summed E-state index contributed by atoms with van der Waals surface area (Å²) in [6, 6.07) is 1.76. The van der Waals surface area contributed by atoms with Crippen LogP contribution < -0.4 is 5.32 Å². The minimum absolute atomic E-state index is 0.224. The average Bonchev–Trinajstić information content (AvgIpc) is 2.77. The van der Waals surface area contributed by atoms with Gasteiger partial charge in [0, 0.05) is 18.8 Å². The molecule has 1 amide bonds. The number of alkyl halides is 2. The van der Waals surface area contributed by atoms with Crippen molar-refractivity contribution in [3.8, 4) is 0 Å². The number of aliphatic hydroxyl groups is 1. The number of fused-ring (bicyclic) bond motifs is 1. The number of aliphatic hydroxyl groups excluding tert-OH is 1. The van der Waals surface area contributed by atoms with Gasteiger partial charge in [0.25, 0.3) is 12.3 Å². The van der Waals surface area contributed by atoms with Crippen molar-refractivity contribution in [2.75, 3.05) is 6.54 Å². The van der Waals surface area contributed by atoms with Crippen LogP contribution in [-0.2, 0) is 0 Å². The fourth-order valence-electron chi connectivity index (χ4n) is 1.77. The molecule has 108 valence electrons. The molecule has 0 aliphatic heterocycles. The first-order chi connectivity index (χ1) is 9.40. The van der Waals surface area contributed by atoms with Crippen LogP contribution in [0.2, 0.25) is 0 Å². The van der Waals surface area contributed by atoms with E-state index in [9.17, 15) is 13.6 Å². The zero-order chi connectivity index (χ0) is 14.9. The highest BCUT2D eigenvalue weighted by atomic mass is 19.3. The molecule has 2 aromatic rings. The molecular formula is C12H14F2N4O2. The highest BCUT2D eigenvalue weighted by molar-refractivity contribution is 5.95. The van der Waals surface area contributed by atoms with Gasteiger partial charge in [-0.05, 0) is 13.8 Å². The Morgan fingerprint density at radius 3 is 2.85 bits per heavy atom. The summed E-state index contributed by atoms with van der Waals surface area (Å²) in [5.41, 5.74) is 2.13. The van der Waals surface area contributed by atoms with Gasteiger partial charge in [0.05, 0.1) is 17.0 Å². The molecule has 0 spiro atoms. The molecule has 0 fully saturated rings. The van der Waals surface area contributed by atoms with E-state index in [1.165, 1.54) is 10.7 Å².